The quantitative estimate of drug-likeness (QED) is 0.851. The van der Waals surface area contributed by atoms with Crippen LogP contribution in [-0.4, -0.2) is 21.1 Å². The van der Waals surface area contributed by atoms with Crippen LogP contribution in [0.2, 0.25) is 0 Å². The van der Waals surface area contributed by atoms with Crippen molar-refractivity contribution in [1.29, 1.82) is 0 Å². The Morgan fingerprint density at radius 1 is 1.50 bits per heavy atom. The molecule has 0 saturated carbocycles. The van der Waals surface area contributed by atoms with Gasteiger partial charge in [-0.05, 0) is 18.6 Å². The zero-order chi connectivity index (χ0) is 11.8. The van der Waals surface area contributed by atoms with E-state index in [-0.39, 0.29) is 5.41 Å². The zero-order valence-corrected chi connectivity index (χ0v) is 10.1. The molecule has 4 nitrogen and oxygen atoms in total. The third kappa shape index (κ3) is 1.50. The van der Waals surface area contributed by atoms with Crippen molar-refractivity contribution in [3.05, 3.63) is 24.2 Å². The van der Waals surface area contributed by atoms with E-state index in [0.29, 0.717) is 6.54 Å². The fourth-order valence-corrected chi connectivity index (χ4v) is 1.96. The van der Waals surface area contributed by atoms with Crippen LogP contribution in [0.1, 0.15) is 26.1 Å². The summed E-state index contributed by atoms with van der Waals surface area (Å²) in [5.41, 5.74) is 7.65. The van der Waals surface area contributed by atoms with Crippen molar-refractivity contribution < 1.29 is 0 Å². The van der Waals surface area contributed by atoms with Gasteiger partial charge in [0.15, 0.2) is 5.65 Å². The van der Waals surface area contributed by atoms with Crippen LogP contribution in [0, 0.1) is 0 Å². The fraction of sp³-hybridized carbons (Fsp3) is 0.500. The monoisotopic (exact) mass is 218 g/mol. The van der Waals surface area contributed by atoms with Gasteiger partial charge in [0.25, 0.3) is 0 Å². The average Bonchev–Trinajstić information content (AvgIpc) is 2.67. The fourth-order valence-electron chi connectivity index (χ4n) is 1.96. The molecule has 2 aromatic rings. The highest BCUT2D eigenvalue weighted by molar-refractivity contribution is 5.71. The van der Waals surface area contributed by atoms with Gasteiger partial charge in [-0.2, -0.15) is 0 Å². The molecule has 0 bridgehead atoms. The van der Waals surface area contributed by atoms with Crippen LogP contribution in [0.3, 0.4) is 0 Å². The largest absolute Gasteiger partial charge is 0.329 e. The predicted molar refractivity (Wildman–Crippen MR) is 65.2 cm³/mol. The summed E-state index contributed by atoms with van der Waals surface area (Å²) in [5, 5.41) is 0. The van der Waals surface area contributed by atoms with Gasteiger partial charge in [-0.15, -0.1) is 0 Å². The smallest absolute Gasteiger partial charge is 0.159 e. The Morgan fingerprint density at radius 3 is 2.81 bits per heavy atom. The zero-order valence-electron chi connectivity index (χ0n) is 10.1. The number of hydrogen-bond donors (Lipinski definition) is 1. The summed E-state index contributed by atoms with van der Waals surface area (Å²) in [6.45, 7) is 4.88. The number of imidazole rings is 1. The standard InChI is InChI=1S/C12H18N4/c1-4-12(2,8-13)11-15-9-6-5-7-14-10(9)16(11)3/h5-7H,4,8,13H2,1-3H3. The molecule has 0 aliphatic carbocycles. The highest BCUT2D eigenvalue weighted by atomic mass is 15.1. The van der Waals surface area contributed by atoms with Crippen LogP contribution in [0.25, 0.3) is 11.2 Å². The maximum absolute atomic E-state index is 5.87. The Bertz CT molecular complexity index is 497. The van der Waals surface area contributed by atoms with Crippen LogP contribution in [0.15, 0.2) is 18.3 Å². The first-order chi connectivity index (χ1) is 7.62. The van der Waals surface area contributed by atoms with Crippen molar-refractivity contribution in [3.63, 3.8) is 0 Å². The minimum atomic E-state index is -0.0740. The van der Waals surface area contributed by atoms with Crippen LogP contribution >= 0.6 is 0 Å². The van der Waals surface area contributed by atoms with Crippen molar-refractivity contribution >= 4 is 11.2 Å². The van der Waals surface area contributed by atoms with Crippen LogP contribution < -0.4 is 5.73 Å². The molecule has 4 heteroatoms. The van der Waals surface area contributed by atoms with Gasteiger partial charge in [-0.3, -0.25) is 0 Å². The molecule has 0 saturated heterocycles. The molecular weight excluding hydrogens is 200 g/mol. The Hall–Kier alpha value is -1.42. The van der Waals surface area contributed by atoms with Crippen LogP contribution in [-0.2, 0) is 12.5 Å². The second-order valence-corrected chi connectivity index (χ2v) is 4.46. The summed E-state index contributed by atoms with van der Waals surface area (Å²) >= 11 is 0. The lowest BCUT2D eigenvalue weighted by molar-refractivity contribution is 0.427. The van der Waals surface area contributed by atoms with E-state index >= 15 is 0 Å². The van der Waals surface area contributed by atoms with Gasteiger partial charge >= 0.3 is 0 Å². The lowest BCUT2D eigenvalue weighted by Gasteiger charge is -2.25. The summed E-state index contributed by atoms with van der Waals surface area (Å²) in [7, 11) is 2.00. The predicted octanol–water partition coefficient (Wildman–Crippen LogP) is 1.59. The highest BCUT2D eigenvalue weighted by Crippen LogP contribution is 2.27. The van der Waals surface area contributed by atoms with Crippen molar-refractivity contribution in [3.8, 4) is 0 Å². The number of hydrogen-bond acceptors (Lipinski definition) is 3. The maximum atomic E-state index is 5.87. The minimum absolute atomic E-state index is 0.0740. The van der Waals surface area contributed by atoms with Gasteiger partial charge in [0.2, 0.25) is 0 Å². The lowest BCUT2D eigenvalue weighted by Crippen LogP contribution is -2.33. The highest BCUT2D eigenvalue weighted by Gasteiger charge is 2.28. The molecule has 2 rings (SSSR count). The molecule has 86 valence electrons. The van der Waals surface area contributed by atoms with Crippen LogP contribution in [0.5, 0.6) is 0 Å². The Labute approximate surface area is 95.5 Å². The van der Waals surface area contributed by atoms with Crippen molar-refractivity contribution in [2.24, 2.45) is 12.8 Å². The molecule has 0 amide bonds. The third-order valence-electron chi connectivity index (χ3n) is 3.40. The van der Waals surface area contributed by atoms with Crippen LogP contribution in [0.4, 0.5) is 0 Å². The molecule has 1 atom stereocenters. The molecule has 0 spiro atoms. The molecule has 0 radical (unpaired) electrons. The van der Waals surface area contributed by atoms with Crippen molar-refractivity contribution in [2.45, 2.75) is 25.7 Å². The Balaban J connectivity index is 2.65. The molecule has 0 aliphatic heterocycles. The molecule has 16 heavy (non-hydrogen) atoms. The van der Waals surface area contributed by atoms with E-state index in [1.165, 1.54) is 0 Å². The first-order valence-electron chi connectivity index (χ1n) is 5.60. The van der Waals surface area contributed by atoms with Gasteiger partial charge in [-0.1, -0.05) is 13.8 Å². The van der Waals surface area contributed by atoms with Gasteiger partial charge in [0, 0.05) is 25.2 Å². The number of nitrogens with two attached hydrogens (primary N) is 1. The topological polar surface area (TPSA) is 56.7 Å². The number of aromatic nitrogens is 3. The summed E-state index contributed by atoms with van der Waals surface area (Å²) in [4.78, 5) is 8.99. The number of pyridine rings is 1. The Kier molecular flexibility index (Phi) is 2.68. The Morgan fingerprint density at radius 2 is 2.25 bits per heavy atom. The van der Waals surface area contributed by atoms with Gasteiger partial charge in [0.05, 0.1) is 0 Å². The van der Waals surface area contributed by atoms with E-state index in [1.54, 1.807) is 6.20 Å². The molecule has 0 aromatic carbocycles. The second kappa shape index (κ2) is 3.87. The lowest BCUT2D eigenvalue weighted by atomic mass is 9.87. The molecule has 2 aromatic heterocycles. The summed E-state index contributed by atoms with van der Waals surface area (Å²) in [6.07, 6.45) is 2.76. The molecule has 0 fully saturated rings. The van der Waals surface area contributed by atoms with E-state index in [2.05, 4.69) is 23.8 Å². The molecule has 2 heterocycles. The summed E-state index contributed by atoms with van der Waals surface area (Å²) in [6, 6.07) is 3.89. The maximum Gasteiger partial charge on any atom is 0.159 e. The van der Waals surface area contributed by atoms with Gasteiger partial charge in [-0.25, -0.2) is 9.97 Å². The van der Waals surface area contributed by atoms with Crippen molar-refractivity contribution in [1.82, 2.24) is 14.5 Å². The van der Waals surface area contributed by atoms with E-state index in [4.69, 9.17) is 5.73 Å². The van der Waals surface area contributed by atoms with E-state index in [0.717, 1.165) is 23.4 Å². The molecular formula is C12H18N4. The van der Waals surface area contributed by atoms with Gasteiger partial charge in [0.1, 0.15) is 11.3 Å². The van der Waals surface area contributed by atoms with E-state index < -0.39 is 0 Å². The normalized spacial score (nSPS) is 15.2. The molecule has 0 aliphatic rings. The number of rotatable bonds is 3. The number of nitrogens with zero attached hydrogens (tertiary/aromatic N) is 3. The van der Waals surface area contributed by atoms with Crippen molar-refractivity contribution in [2.75, 3.05) is 6.54 Å². The average molecular weight is 218 g/mol. The third-order valence-corrected chi connectivity index (χ3v) is 3.40. The SMILES string of the molecule is CCC(C)(CN)c1nc2cccnc2n1C. The summed E-state index contributed by atoms with van der Waals surface area (Å²) in [5.74, 6) is 1.02. The number of fused-ring (bicyclic) bond motifs is 1. The van der Waals surface area contributed by atoms with Gasteiger partial charge < -0.3 is 10.3 Å². The first kappa shape index (κ1) is 11.1. The van der Waals surface area contributed by atoms with E-state index in [1.807, 2.05) is 23.7 Å². The molecule has 1 unspecified atom stereocenters. The second-order valence-electron chi connectivity index (χ2n) is 4.46. The first-order valence-corrected chi connectivity index (χ1v) is 5.60. The number of aryl methyl sites for hydroxylation is 1. The molecule has 2 N–H and O–H groups in total. The summed E-state index contributed by atoms with van der Waals surface area (Å²) < 4.78 is 2.05. The van der Waals surface area contributed by atoms with E-state index in [9.17, 15) is 0 Å². The minimum Gasteiger partial charge on any atom is -0.329 e.